The lowest BCUT2D eigenvalue weighted by Gasteiger charge is -2.20. The van der Waals surface area contributed by atoms with Crippen LogP contribution in [0.25, 0.3) is 10.9 Å². The van der Waals surface area contributed by atoms with Crippen molar-refractivity contribution in [1.29, 1.82) is 0 Å². The minimum absolute atomic E-state index is 0.0315. The van der Waals surface area contributed by atoms with Crippen LogP contribution in [0.5, 0.6) is 11.5 Å². The fourth-order valence-corrected chi connectivity index (χ4v) is 4.02. The first-order chi connectivity index (χ1) is 17.1. The molecule has 2 heterocycles. The van der Waals surface area contributed by atoms with Crippen molar-refractivity contribution < 1.29 is 32.1 Å². The molecule has 0 radical (unpaired) electrons. The third-order valence-corrected chi connectivity index (χ3v) is 5.83. The van der Waals surface area contributed by atoms with Crippen LogP contribution in [-0.2, 0) is 15.7 Å². The minimum Gasteiger partial charge on any atom is -0.493 e. The Hall–Kier alpha value is -3.31. The van der Waals surface area contributed by atoms with Crippen LogP contribution in [-0.4, -0.2) is 49.6 Å². The van der Waals surface area contributed by atoms with Crippen LogP contribution in [0, 0.1) is 6.92 Å². The Morgan fingerprint density at radius 3 is 2.64 bits per heavy atom. The number of anilines is 2. The van der Waals surface area contributed by atoms with Crippen molar-refractivity contribution >= 4 is 22.4 Å². The molecule has 0 amide bonds. The fraction of sp³-hybridized carbons (Fsp3) is 0.440. The Balaban J connectivity index is 1.59. The van der Waals surface area contributed by atoms with Gasteiger partial charge in [-0.25, -0.2) is 9.97 Å². The highest BCUT2D eigenvalue weighted by molar-refractivity contribution is 5.92. The summed E-state index contributed by atoms with van der Waals surface area (Å²) in [5, 5.41) is 3.84. The van der Waals surface area contributed by atoms with E-state index in [0.717, 1.165) is 18.6 Å². The number of hydrogen-bond donors (Lipinski definition) is 2. The number of hydrogen-bond acceptors (Lipinski definition) is 8. The molecule has 194 valence electrons. The Bertz CT molecular complexity index is 1220. The number of methoxy groups -OCH3 is 1. The first-order valence-electron chi connectivity index (χ1n) is 11.6. The third kappa shape index (κ3) is 6.08. The lowest BCUT2D eigenvalue weighted by atomic mass is 10.0. The van der Waals surface area contributed by atoms with Gasteiger partial charge >= 0.3 is 6.18 Å². The van der Waals surface area contributed by atoms with E-state index in [1.54, 1.807) is 26.0 Å². The number of aromatic nitrogens is 2. The molecule has 3 aromatic rings. The highest BCUT2D eigenvalue weighted by Gasteiger charge is 2.31. The number of alkyl halides is 3. The summed E-state index contributed by atoms with van der Waals surface area (Å²) >= 11 is 0. The normalized spacial score (nSPS) is 16.8. The number of nitrogens with two attached hydrogens (primary N) is 1. The van der Waals surface area contributed by atoms with Gasteiger partial charge in [0.15, 0.2) is 11.5 Å². The first kappa shape index (κ1) is 25.8. The summed E-state index contributed by atoms with van der Waals surface area (Å²) in [6.07, 6.45) is -3.56. The molecule has 0 saturated carbocycles. The van der Waals surface area contributed by atoms with Gasteiger partial charge in [0.05, 0.1) is 43.5 Å². The van der Waals surface area contributed by atoms with Crippen LogP contribution in [0.15, 0.2) is 30.3 Å². The highest BCUT2D eigenvalue weighted by Crippen LogP contribution is 2.37. The quantitative estimate of drug-likeness (QED) is 0.312. The molecule has 1 aliphatic heterocycles. The van der Waals surface area contributed by atoms with E-state index < -0.39 is 17.8 Å². The number of nitrogen functional groups attached to an aromatic ring is 1. The van der Waals surface area contributed by atoms with Crippen LogP contribution in [0.4, 0.5) is 24.7 Å². The zero-order chi connectivity index (χ0) is 25.9. The Morgan fingerprint density at radius 2 is 1.94 bits per heavy atom. The van der Waals surface area contributed by atoms with E-state index in [2.05, 4.69) is 15.3 Å². The van der Waals surface area contributed by atoms with Gasteiger partial charge in [-0.1, -0.05) is 0 Å². The van der Waals surface area contributed by atoms with Crippen molar-refractivity contribution in [3.63, 3.8) is 0 Å². The Labute approximate surface area is 206 Å². The molecule has 0 aliphatic carbocycles. The standard InChI is InChI=1S/C25H29F3N4O4/c1-14(16-8-17(25(26,27)28)10-18(29)9-16)30-24-20-11-23(36-7-6-35-19-4-5-34-13-19)22(33-3)12-21(20)31-15(2)32-24/h8-12,14,19H,4-7,13,29H2,1-3H3,(H,30,31,32)/t14?,19-/m0/s1. The topological polar surface area (TPSA) is 101 Å². The van der Waals surface area contributed by atoms with Crippen LogP contribution in [0.2, 0.25) is 0 Å². The molecule has 36 heavy (non-hydrogen) atoms. The monoisotopic (exact) mass is 506 g/mol. The van der Waals surface area contributed by atoms with Gasteiger partial charge < -0.3 is 30.0 Å². The highest BCUT2D eigenvalue weighted by atomic mass is 19.4. The second kappa shape index (κ2) is 10.8. The number of rotatable bonds is 9. The van der Waals surface area contributed by atoms with E-state index in [0.29, 0.717) is 66.0 Å². The molecular weight excluding hydrogens is 477 g/mol. The number of halogens is 3. The van der Waals surface area contributed by atoms with Crippen LogP contribution in [0.3, 0.4) is 0 Å². The third-order valence-electron chi connectivity index (χ3n) is 5.83. The molecule has 1 unspecified atom stereocenters. The maximum Gasteiger partial charge on any atom is 0.416 e. The first-order valence-corrected chi connectivity index (χ1v) is 11.6. The van der Waals surface area contributed by atoms with Crippen molar-refractivity contribution in [2.45, 2.75) is 38.6 Å². The van der Waals surface area contributed by atoms with Crippen molar-refractivity contribution in [2.75, 3.05) is 44.6 Å². The van der Waals surface area contributed by atoms with E-state index >= 15 is 0 Å². The van der Waals surface area contributed by atoms with Gasteiger partial charge in [0, 0.05) is 23.7 Å². The summed E-state index contributed by atoms with van der Waals surface area (Å²) < 4.78 is 62.3. The predicted molar refractivity (Wildman–Crippen MR) is 129 cm³/mol. The van der Waals surface area contributed by atoms with Crippen LogP contribution in [0.1, 0.15) is 36.3 Å². The number of fused-ring (bicyclic) bond motifs is 1. The molecule has 1 aromatic heterocycles. The zero-order valence-corrected chi connectivity index (χ0v) is 20.3. The molecule has 2 aromatic carbocycles. The van der Waals surface area contributed by atoms with Crippen LogP contribution < -0.4 is 20.5 Å². The van der Waals surface area contributed by atoms with Gasteiger partial charge in [0.2, 0.25) is 0 Å². The van der Waals surface area contributed by atoms with Crippen molar-refractivity contribution in [1.82, 2.24) is 9.97 Å². The van der Waals surface area contributed by atoms with Crippen molar-refractivity contribution in [3.8, 4) is 11.5 Å². The molecule has 3 N–H and O–H groups in total. The van der Waals surface area contributed by atoms with E-state index in [4.69, 9.17) is 24.7 Å². The molecule has 8 nitrogen and oxygen atoms in total. The van der Waals surface area contributed by atoms with Gasteiger partial charge in [-0.05, 0) is 50.1 Å². The average Bonchev–Trinajstić information content (AvgIpc) is 3.34. The van der Waals surface area contributed by atoms with Gasteiger partial charge in [0.1, 0.15) is 18.2 Å². The second-order valence-corrected chi connectivity index (χ2v) is 8.60. The molecule has 1 aliphatic rings. The molecular formula is C25H29F3N4O4. The molecule has 0 spiro atoms. The van der Waals surface area contributed by atoms with Crippen molar-refractivity contribution in [3.05, 3.63) is 47.3 Å². The number of aryl methyl sites for hydroxylation is 1. The summed E-state index contributed by atoms with van der Waals surface area (Å²) in [5.74, 6) is 1.91. The van der Waals surface area contributed by atoms with Gasteiger partial charge in [0.25, 0.3) is 0 Å². The molecule has 0 bridgehead atoms. The summed E-state index contributed by atoms with van der Waals surface area (Å²) in [6, 6.07) is 6.47. The van der Waals surface area contributed by atoms with E-state index in [1.165, 1.54) is 13.2 Å². The van der Waals surface area contributed by atoms with Gasteiger partial charge in [-0.3, -0.25) is 0 Å². The summed E-state index contributed by atoms with van der Waals surface area (Å²) in [5.41, 5.74) is 5.96. The minimum atomic E-state index is -4.50. The van der Waals surface area contributed by atoms with Gasteiger partial charge in [-0.15, -0.1) is 0 Å². The number of nitrogens with zero attached hydrogens (tertiary/aromatic N) is 2. The molecule has 4 rings (SSSR count). The van der Waals surface area contributed by atoms with E-state index in [-0.39, 0.29) is 11.8 Å². The average molecular weight is 507 g/mol. The lowest BCUT2D eigenvalue weighted by molar-refractivity contribution is -0.137. The number of benzene rings is 2. The second-order valence-electron chi connectivity index (χ2n) is 8.60. The zero-order valence-electron chi connectivity index (χ0n) is 20.3. The molecule has 11 heteroatoms. The SMILES string of the molecule is COc1cc2nc(C)nc(NC(C)c3cc(N)cc(C(F)(F)F)c3)c2cc1OCCO[C@H]1CCOC1. The largest absolute Gasteiger partial charge is 0.493 e. The molecule has 2 atom stereocenters. The van der Waals surface area contributed by atoms with E-state index in [9.17, 15) is 13.2 Å². The summed E-state index contributed by atoms with van der Waals surface area (Å²) in [4.78, 5) is 8.98. The number of nitrogens with one attached hydrogen (secondary N) is 1. The smallest absolute Gasteiger partial charge is 0.416 e. The predicted octanol–water partition coefficient (Wildman–Crippen LogP) is 4.91. The lowest BCUT2D eigenvalue weighted by Crippen LogP contribution is -2.17. The summed E-state index contributed by atoms with van der Waals surface area (Å²) in [7, 11) is 1.54. The number of ether oxygens (including phenoxy) is 4. The fourth-order valence-electron chi connectivity index (χ4n) is 4.02. The summed E-state index contributed by atoms with van der Waals surface area (Å²) in [6.45, 7) is 5.44. The van der Waals surface area contributed by atoms with E-state index in [1.807, 2.05) is 0 Å². The van der Waals surface area contributed by atoms with Crippen molar-refractivity contribution in [2.24, 2.45) is 0 Å². The van der Waals surface area contributed by atoms with Gasteiger partial charge in [-0.2, -0.15) is 13.2 Å². The Morgan fingerprint density at radius 1 is 1.14 bits per heavy atom. The maximum atomic E-state index is 13.3. The molecule has 1 saturated heterocycles. The van der Waals surface area contributed by atoms with Crippen LogP contribution >= 0.6 is 0 Å². The Kier molecular flexibility index (Phi) is 7.70. The maximum absolute atomic E-state index is 13.3. The molecule has 1 fully saturated rings.